The number of aromatic nitrogens is 2. The van der Waals surface area contributed by atoms with Gasteiger partial charge in [0.15, 0.2) is 5.82 Å². The topological polar surface area (TPSA) is 78.5 Å². The minimum atomic E-state index is -0.799. The monoisotopic (exact) mass is 347 g/mol. The van der Waals surface area contributed by atoms with Gasteiger partial charge in [-0.3, -0.25) is 4.90 Å². The second kappa shape index (κ2) is 6.93. The predicted octanol–water partition coefficient (Wildman–Crippen LogP) is 1.79. The van der Waals surface area contributed by atoms with Crippen LogP contribution in [0.3, 0.4) is 0 Å². The largest absolute Gasteiger partial charge is 0.387 e. The van der Waals surface area contributed by atoms with Crippen LogP contribution in [0.15, 0.2) is 36.7 Å². The van der Waals surface area contributed by atoms with Crippen molar-refractivity contribution in [3.8, 4) is 0 Å². The summed E-state index contributed by atoms with van der Waals surface area (Å²) in [4.78, 5) is 12.1. The van der Waals surface area contributed by atoms with Gasteiger partial charge in [-0.25, -0.2) is 9.97 Å². The van der Waals surface area contributed by atoms with Crippen molar-refractivity contribution >= 4 is 23.2 Å². The van der Waals surface area contributed by atoms with Crippen LogP contribution >= 0.6 is 11.6 Å². The molecule has 7 heteroatoms. The molecule has 1 atom stereocenters. The molecule has 128 valence electrons. The molecule has 24 heavy (non-hydrogen) atoms. The fraction of sp³-hybridized carbons (Fsp3) is 0.412. The number of anilines is 2. The lowest BCUT2D eigenvalue weighted by molar-refractivity contribution is 0.0561. The third-order valence-electron chi connectivity index (χ3n) is 4.35. The molecule has 1 aliphatic rings. The molecule has 2 heterocycles. The number of rotatable bonds is 5. The van der Waals surface area contributed by atoms with Gasteiger partial charge in [0.1, 0.15) is 17.2 Å². The third kappa shape index (κ3) is 3.77. The van der Waals surface area contributed by atoms with Crippen LogP contribution in [0.1, 0.15) is 12.0 Å². The quantitative estimate of drug-likeness (QED) is 0.858. The molecule has 0 spiro atoms. The number of nitrogen functional groups attached to an aromatic ring is 1. The van der Waals surface area contributed by atoms with E-state index in [-0.39, 0.29) is 5.82 Å². The number of halogens is 1. The average molecular weight is 348 g/mol. The number of nitrogens with two attached hydrogens (primary N) is 1. The molecule has 0 saturated carbocycles. The fourth-order valence-electron chi connectivity index (χ4n) is 3.20. The molecule has 0 amide bonds. The summed E-state index contributed by atoms with van der Waals surface area (Å²) in [5.74, 6) is 0.789. The number of aliphatic hydroxyl groups is 1. The summed E-state index contributed by atoms with van der Waals surface area (Å²) in [6, 6.07) is 10.3. The van der Waals surface area contributed by atoms with Crippen molar-refractivity contribution in [1.29, 1.82) is 0 Å². The Hall–Kier alpha value is -1.89. The zero-order valence-corrected chi connectivity index (χ0v) is 14.4. The SMILES string of the molecule is CN(CC1(O)CCN(Cc2ccccc2)C1)c1ncnc(N)c1Cl. The number of β-amino-alcohol motifs (C(OH)–C–C–N with tert-alkyl or cyclic N) is 1. The summed E-state index contributed by atoms with van der Waals surface area (Å²) >= 11 is 6.17. The molecule has 0 bridgehead atoms. The van der Waals surface area contributed by atoms with Crippen LogP contribution in [0, 0.1) is 0 Å². The molecule has 0 aliphatic carbocycles. The van der Waals surface area contributed by atoms with E-state index in [0.717, 1.165) is 13.1 Å². The average Bonchev–Trinajstić information content (AvgIpc) is 2.91. The second-order valence-electron chi connectivity index (χ2n) is 6.42. The minimum absolute atomic E-state index is 0.248. The molecule has 1 fully saturated rings. The Morgan fingerprint density at radius 2 is 2.08 bits per heavy atom. The van der Waals surface area contributed by atoms with Gasteiger partial charge in [-0.1, -0.05) is 41.9 Å². The number of nitrogens with zero attached hydrogens (tertiary/aromatic N) is 4. The lowest BCUT2D eigenvalue weighted by atomic mass is 10.0. The van der Waals surface area contributed by atoms with E-state index in [1.807, 2.05) is 30.1 Å². The Bertz CT molecular complexity index is 699. The van der Waals surface area contributed by atoms with E-state index >= 15 is 0 Å². The van der Waals surface area contributed by atoms with Crippen LogP contribution in [0.25, 0.3) is 0 Å². The number of likely N-dealkylation sites (tertiary alicyclic amines) is 1. The van der Waals surface area contributed by atoms with Crippen molar-refractivity contribution in [2.45, 2.75) is 18.6 Å². The summed E-state index contributed by atoms with van der Waals surface area (Å²) in [7, 11) is 1.85. The van der Waals surface area contributed by atoms with Gasteiger partial charge in [-0.15, -0.1) is 0 Å². The van der Waals surface area contributed by atoms with Crippen LogP contribution in [-0.2, 0) is 6.54 Å². The number of benzene rings is 1. The maximum atomic E-state index is 10.9. The zero-order valence-electron chi connectivity index (χ0n) is 13.7. The first-order chi connectivity index (χ1) is 11.5. The van der Waals surface area contributed by atoms with Gasteiger partial charge in [0, 0.05) is 33.2 Å². The highest BCUT2D eigenvalue weighted by Gasteiger charge is 2.37. The summed E-state index contributed by atoms with van der Waals surface area (Å²) in [6.45, 7) is 2.76. The molecule has 2 aromatic rings. The smallest absolute Gasteiger partial charge is 0.152 e. The first-order valence-corrected chi connectivity index (χ1v) is 8.30. The van der Waals surface area contributed by atoms with E-state index in [1.165, 1.54) is 11.9 Å². The summed E-state index contributed by atoms with van der Waals surface area (Å²) < 4.78 is 0. The third-order valence-corrected chi connectivity index (χ3v) is 4.71. The van der Waals surface area contributed by atoms with Crippen molar-refractivity contribution < 1.29 is 5.11 Å². The van der Waals surface area contributed by atoms with Crippen molar-refractivity contribution in [1.82, 2.24) is 14.9 Å². The Balaban J connectivity index is 1.64. The van der Waals surface area contributed by atoms with Crippen LogP contribution in [-0.4, -0.2) is 52.3 Å². The zero-order chi connectivity index (χ0) is 17.2. The van der Waals surface area contributed by atoms with Crippen LogP contribution in [0.2, 0.25) is 5.02 Å². The van der Waals surface area contributed by atoms with E-state index in [4.69, 9.17) is 17.3 Å². The van der Waals surface area contributed by atoms with Gasteiger partial charge in [-0.2, -0.15) is 0 Å². The van der Waals surface area contributed by atoms with E-state index in [1.54, 1.807) is 0 Å². The van der Waals surface area contributed by atoms with E-state index in [9.17, 15) is 5.11 Å². The van der Waals surface area contributed by atoms with Gasteiger partial charge in [-0.05, 0) is 12.0 Å². The lowest BCUT2D eigenvalue weighted by Gasteiger charge is -2.30. The minimum Gasteiger partial charge on any atom is -0.387 e. The Morgan fingerprint density at radius 1 is 1.33 bits per heavy atom. The molecule has 3 rings (SSSR count). The summed E-state index contributed by atoms with van der Waals surface area (Å²) in [6.07, 6.45) is 2.09. The predicted molar refractivity (Wildman–Crippen MR) is 96.0 cm³/mol. The van der Waals surface area contributed by atoms with Gasteiger partial charge < -0.3 is 15.7 Å². The molecule has 1 saturated heterocycles. The Morgan fingerprint density at radius 3 is 2.83 bits per heavy atom. The molecule has 1 aromatic heterocycles. The standard InChI is InChI=1S/C17H22ClN5O/c1-22(16-14(18)15(19)20-12-21-16)10-17(24)7-8-23(11-17)9-13-5-3-2-4-6-13/h2-6,12,24H,7-11H2,1H3,(H2,19,20,21). The molecular formula is C17H22ClN5O. The molecule has 0 radical (unpaired) electrons. The Labute approximate surface area is 146 Å². The molecular weight excluding hydrogens is 326 g/mol. The number of hydrogen-bond acceptors (Lipinski definition) is 6. The van der Waals surface area contributed by atoms with Crippen molar-refractivity contribution in [3.05, 3.63) is 47.2 Å². The fourth-order valence-corrected chi connectivity index (χ4v) is 3.44. The first kappa shape index (κ1) is 17.0. The maximum Gasteiger partial charge on any atom is 0.152 e. The van der Waals surface area contributed by atoms with Gasteiger partial charge in [0.05, 0.1) is 5.60 Å². The maximum absolute atomic E-state index is 10.9. The molecule has 1 unspecified atom stereocenters. The van der Waals surface area contributed by atoms with Crippen LogP contribution in [0.4, 0.5) is 11.6 Å². The van der Waals surface area contributed by atoms with E-state index < -0.39 is 5.60 Å². The molecule has 6 nitrogen and oxygen atoms in total. The van der Waals surface area contributed by atoms with E-state index in [2.05, 4.69) is 27.0 Å². The summed E-state index contributed by atoms with van der Waals surface area (Å²) in [5.41, 5.74) is 6.18. The highest BCUT2D eigenvalue weighted by atomic mass is 35.5. The Kier molecular flexibility index (Phi) is 4.89. The number of likely N-dealkylation sites (N-methyl/N-ethyl adjacent to an activating group) is 1. The van der Waals surface area contributed by atoms with E-state index in [0.29, 0.717) is 30.4 Å². The summed E-state index contributed by atoms with van der Waals surface area (Å²) in [5, 5.41) is 11.3. The lowest BCUT2D eigenvalue weighted by Crippen LogP contribution is -2.44. The molecule has 3 N–H and O–H groups in total. The molecule has 1 aliphatic heterocycles. The van der Waals surface area contributed by atoms with Crippen molar-refractivity contribution in [3.63, 3.8) is 0 Å². The first-order valence-electron chi connectivity index (χ1n) is 7.93. The van der Waals surface area contributed by atoms with Crippen LogP contribution in [0.5, 0.6) is 0 Å². The van der Waals surface area contributed by atoms with Gasteiger partial charge in [0.25, 0.3) is 0 Å². The second-order valence-corrected chi connectivity index (χ2v) is 6.80. The van der Waals surface area contributed by atoms with Gasteiger partial charge >= 0.3 is 0 Å². The van der Waals surface area contributed by atoms with Crippen molar-refractivity contribution in [2.75, 3.05) is 37.3 Å². The molecule has 1 aromatic carbocycles. The van der Waals surface area contributed by atoms with Gasteiger partial charge in [0.2, 0.25) is 0 Å². The number of hydrogen-bond donors (Lipinski definition) is 2. The highest BCUT2D eigenvalue weighted by molar-refractivity contribution is 6.35. The van der Waals surface area contributed by atoms with Crippen molar-refractivity contribution in [2.24, 2.45) is 0 Å². The highest BCUT2D eigenvalue weighted by Crippen LogP contribution is 2.29. The van der Waals surface area contributed by atoms with Crippen LogP contribution < -0.4 is 10.6 Å². The normalized spacial score (nSPS) is 21.1.